The third-order valence-electron chi connectivity index (χ3n) is 5.95. The molecule has 2 aromatic carbocycles. The van der Waals surface area contributed by atoms with Crippen molar-refractivity contribution < 1.29 is 23.8 Å². The molecular formula is C28H30FNO4. The van der Waals surface area contributed by atoms with Gasteiger partial charge in [0.15, 0.2) is 0 Å². The maximum atomic E-state index is 14.3. The fourth-order valence-electron chi connectivity index (χ4n) is 4.12. The van der Waals surface area contributed by atoms with Crippen molar-refractivity contribution in [1.82, 2.24) is 4.98 Å². The van der Waals surface area contributed by atoms with Gasteiger partial charge in [-0.05, 0) is 59.9 Å². The number of hydrogen-bond donors (Lipinski definition) is 1. The van der Waals surface area contributed by atoms with Crippen molar-refractivity contribution in [3.63, 3.8) is 0 Å². The summed E-state index contributed by atoms with van der Waals surface area (Å²) < 4.78 is 26.0. The summed E-state index contributed by atoms with van der Waals surface area (Å²) in [5, 5.41) is 10.5. The Labute approximate surface area is 199 Å². The Morgan fingerprint density at radius 1 is 1.12 bits per heavy atom. The molecule has 1 aliphatic rings. The Hall–Kier alpha value is -3.25. The summed E-state index contributed by atoms with van der Waals surface area (Å²) in [7, 11) is 0. The smallest absolute Gasteiger partial charge is 0.309 e. The van der Waals surface area contributed by atoms with Crippen LogP contribution in [0.3, 0.4) is 0 Å². The summed E-state index contributed by atoms with van der Waals surface area (Å²) in [6.45, 7) is 8.31. The van der Waals surface area contributed by atoms with E-state index in [9.17, 15) is 14.3 Å². The van der Waals surface area contributed by atoms with Crippen molar-refractivity contribution in [2.45, 2.75) is 64.6 Å². The molecule has 2 heterocycles. The minimum Gasteiger partial charge on any atom is -0.458 e. The van der Waals surface area contributed by atoms with Crippen molar-refractivity contribution in [3.05, 3.63) is 71.2 Å². The molecule has 0 unspecified atom stereocenters. The van der Waals surface area contributed by atoms with Gasteiger partial charge in [-0.3, -0.25) is 9.78 Å². The Morgan fingerprint density at radius 2 is 1.85 bits per heavy atom. The van der Waals surface area contributed by atoms with Crippen molar-refractivity contribution in [3.8, 4) is 11.5 Å². The van der Waals surface area contributed by atoms with Crippen molar-refractivity contribution >= 4 is 22.9 Å². The highest BCUT2D eigenvalue weighted by atomic mass is 19.1. The molecule has 0 saturated carbocycles. The molecule has 4 rings (SSSR count). The minimum absolute atomic E-state index is 0.000868. The first-order chi connectivity index (χ1) is 16.2. The van der Waals surface area contributed by atoms with E-state index in [1.165, 1.54) is 17.7 Å². The van der Waals surface area contributed by atoms with Gasteiger partial charge >= 0.3 is 5.97 Å². The fourth-order valence-corrected chi connectivity index (χ4v) is 4.12. The first-order valence-corrected chi connectivity index (χ1v) is 11.7. The summed E-state index contributed by atoms with van der Waals surface area (Å²) in [4.78, 5) is 16.6. The highest BCUT2D eigenvalue weighted by Gasteiger charge is 2.26. The second-order valence-electron chi connectivity index (χ2n) is 9.36. The van der Waals surface area contributed by atoms with Gasteiger partial charge < -0.3 is 14.6 Å². The molecule has 2 atom stereocenters. The molecule has 0 radical (unpaired) electrons. The summed E-state index contributed by atoms with van der Waals surface area (Å²) >= 11 is 0. The van der Waals surface area contributed by atoms with Gasteiger partial charge in [0.2, 0.25) is 0 Å². The third-order valence-corrected chi connectivity index (χ3v) is 5.95. The summed E-state index contributed by atoms with van der Waals surface area (Å²) in [5.74, 6) is 0.752. The SMILES string of the molecule is CC(C)c1ccc(Oc2c(/C=C/[C@@H]3C[C@@H](O)CC(=O)O3)c(C(C)C)nc3ccc(F)cc23)cc1. The average Bonchev–Trinajstić information content (AvgIpc) is 2.78. The third kappa shape index (κ3) is 5.28. The lowest BCUT2D eigenvalue weighted by Crippen LogP contribution is -2.31. The number of ether oxygens (including phenoxy) is 2. The molecule has 178 valence electrons. The second-order valence-corrected chi connectivity index (χ2v) is 9.36. The van der Waals surface area contributed by atoms with Crippen LogP contribution in [-0.4, -0.2) is 28.3 Å². The number of carbonyl (C=O) groups is 1. The number of aromatic nitrogens is 1. The summed E-state index contributed by atoms with van der Waals surface area (Å²) in [6.07, 6.45) is 2.57. The van der Waals surface area contributed by atoms with E-state index in [1.54, 1.807) is 18.2 Å². The number of halogens is 1. The molecule has 1 N–H and O–H groups in total. The monoisotopic (exact) mass is 463 g/mol. The predicted molar refractivity (Wildman–Crippen MR) is 131 cm³/mol. The number of pyridine rings is 1. The number of cyclic esters (lactones) is 1. The van der Waals surface area contributed by atoms with Crippen LogP contribution in [0.1, 0.15) is 69.2 Å². The van der Waals surface area contributed by atoms with E-state index in [-0.39, 0.29) is 18.2 Å². The zero-order valence-electron chi connectivity index (χ0n) is 19.9. The lowest BCUT2D eigenvalue weighted by Gasteiger charge is -2.24. The number of aliphatic hydroxyl groups excluding tert-OH is 1. The van der Waals surface area contributed by atoms with E-state index < -0.39 is 18.2 Å². The maximum Gasteiger partial charge on any atom is 0.309 e. The van der Waals surface area contributed by atoms with Gasteiger partial charge in [0.1, 0.15) is 23.4 Å². The molecular weight excluding hydrogens is 433 g/mol. The topological polar surface area (TPSA) is 68.7 Å². The van der Waals surface area contributed by atoms with Crippen LogP contribution in [-0.2, 0) is 9.53 Å². The maximum absolute atomic E-state index is 14.3. The van der Waals surface area contributed by atoms with Gasteiger partial charge in [0, 0.05) is 17.4 Å². The number of benzene rings is 2. The number of esters is 1. The molecule has 0 aliphatic carbocycles. The zero-order valence-corrected chi connectivity index (χ0v) is 19.9. The summed E-state index contributed by atoms with van der Waals surface area (Å²) in [5.41, 5.74) is 3.30. The molecule has 5 nitrogen and oxygen atoms in total. The van der Waals surface area contributed by atoms with Gasteiger partial charge in [0.25, 0.3) is 0 Å². The number of fused-ring (bicyclic) bond motifs is 1. The summed E-state index contributed by atoms with van der Waals surface area (Å²) in [6, 6.07) is 12.3. The lowest BCUT2D eigenvalue weighted by atomic mass is 9.98. The van der Waals surface area contributed by atoms with E-state index in [1.807, 2.05) is 38.1 Å². The Balaban J connectivity index is 1.83. The number of hydrogen-bond acceptors (Lipinski definition) is 5. The van der Waals surface area contributed by atoms with Gasteiger partial charge in [-0.15, -0.1) is 0 Å². The highest BCUT2D eigenvalue weighted by Crippen LogP contribution is 2.38. The van der Waals surface area contributed by atoms with Crippen molar-refractivity contribution in [1.29, 1.82) is 0 Å². The zero-order chi connectivity index (χ0) is 24.4. The average molecular weight is 464 g/mol. The van der Waals surface area contributed by atoms with Gasteiger partial charge in [0.05, 0.1) is 23.7 Å². The van der Waals surface area contributed by atoms with Crippen LogP contribution >= 0.6 is 0 Å². The Morgan fingerprint density at radius 3 is 2.50 bits per heavy atom. The van der Waals surface area contributed by atoms with Gasteiger partial charge in [-0.1, -0.05) is 39.8 Å². The van der Waals surface area contributed by atoms with Crippen molar-refractivity contribution in [2.75, 3.05) is 0 Å². The van der Waals surface area contributed by atoms with E-state index in [2.05, 4.69) is 13.8 Å². The molecule has 34 heavy (non-hydrogen) atoms. The Bertz CT molecular complexity index is 1220. The van der Waals surface area contributed by atoms with Gasteiger partial charge in [-0.2, -0.15) is 0 Å². The van der Waals surface area contributed by atoms with E-state index in [4.69, 9.17) is 14.5 Å². The van der Waals surface area contributed by atoms with E-state index in [0.29, 0.717) is 40.3 Å². The molecule has 1 saturated heterocycles. The standard InChI is InChI=1S/C28H30FNO4/c1-16(2)18-5-8-21(9-6-18)34-28-23(11-10-22-14-20(31)15-26(32)33-22)27(17(3)4)30-25-12-7-19(29)13-24(25)28/h5-13,16-17,20,22,31H,14-15H2,1-4H3/b11-10+/t20-,22-/m1/s1. The molecule has 0 amide bonds. The normalized spacial score (nSPS) is 18.8. The first kappa shape index (κ1) is 23.9. The molecule has 1 fully saturated rings. The first-order valence-electron chi connectivity index (χ1n) is 11.7. The van der Waals surface area contributed by atoms with Crippen LogP contribution in [0.5, 0.6) is 11.5 Å². The van der Waals surface area contributed by atoms with E-state index in [0.717, 1.165) is 5.69 Å². The van der Waals surface area contributed by atoms with Crippen molar-refractivity contribution in [2.24, 2.45) is 0 Å². The van der Waals surface area contributed by atoms with Crippen LogP contribution in [0, 0.1) is 5.82 Å². The molecule has 0 bridgehead atoms. The fraction of sp³-hybridized carbons (Fsp3) is 0.357. The highest BCUT2D eigenvalue weighted by molar-refractivity contribution is 5.90. The largest absolute Gasteiger partial charge is 0.458 e. The number of nitrogens with zero attached hydrogens (tertiary/aromatic N) is 1. The molecule has 1 aliphatic heterocycles. The van der Waals surface area contributed by atoms with Crippen LogP contribution in [0.25, 0.3) is 17.0 Å². The van der Waals surface area contributed by atoms with E-state index >= 15 is 0 Å². The molecule has 0 spiro atoms. The number of rotatable bonds is 6. The van der Waals surface area contributed by atoms with Gasteiger partial charge in [-0.25, -0.2) is 4.39 Å². The molecule has 1 aromatic heterocycles. The number of carbonyl (C=O) groups excluding carboxylic acids is 1. The Kier molecular flexibility index (Phi) is 6.98. The molecule has 6 heteroatoms. The van der Waals surface area contributed by atoms with Crippen LogP contribution in [0.2, 0.25) is 0 Å². The number of aliphatic hydroxyl groups is 1. The predicted octanol–water partition coefficient (Wildman–Crippen LogP) is 6.49. The van der Waals surface area contributed by atoms with Crippen LogP contribution in [0.4, 0.5) is 4.39 Å². The minimum atomic E-state index is -0.737. The lowest BCUT2D eigenvalue weighted by molar-refractivity contribution is -0.156. The quantitative estimate of drug-likeness (QED) is 0.423. The molecule has 3 aromatic rings. The second kappa shape index (κ2) is 9.94. The van der Waals surface area contributed by atoms with Crippen LogP contribution < -0.4 is 4.74 Å². The van der Waals surface area contributed by atoms with Crippen LogP contribution in [0.15, 0.2) is 48.5 Å².